The van der Waals surface area contributed by atoms with Crippen molar-refractivity contribution in [2.75, 3.05) is 27.7 Å². The summed E-state index contributed by atoms with van der Waals surface area (Å²) in [5.74, 6) is -0.447. The summed E-state index contributed by atoms with van der Waals surface area (Å²) >= 11 is 0. The van der Waals surface area contributed by atoms with Gasteiger partial charge in [0.2, 0.25) is 0 Å². The molecule has 0 spiro atoms. The Morgan fingerprint density at radius 3 is 2.29 bits per heavy atom. The van der Waals surface area contributed by atoms with Crippen LogP contribution in [0.4, 0.5) is 0 Å². The summed E-state index contributed by atoms with van der Waals surface area (Å²) in [7, 11) is 6.00. The molecule has 0 bridgehead atoms. The number of nitriles is 1. The van der Waals surface area contributed by atoms with E-state index in [4.69, 9.17) is 10.4 Å². The SMILES string of the molecule is CC(=O)OCC(O)CC#N.CN(C)C. The van der Waals surface area contributed by atoms with E-state index < -0.39 is 12.1 Å². The number of carbonyl (C=O) groups is 1. The highest BCUT2D eigenvalue weighted by Crippen LogP contribution is 1.90. The van der Waals surface area contributed by atoms with Crippen molar-refractivity contribution >= 4 is 5.97 Å². The normalized spacial score (nSPS) is 10.9. The number of aliphatic hydroxyl groups is 1. The van der Waals surface area contributed by atoms with E-state index in [0.717, 1.165) is 0 Å². The van der Waals surface area contributed by atoms with Crippen LogP contribution >= 0.6 is 0 Å². The maximum atomic E-state index is 10.1. The van der Waals surface area contributed by atoms with Gasteiger partial charge in [0.15, 0.2) is 0 Å². The van der Waals surface area contributed by atoms with Crippen molar-refractivity contribution in [1.29, 1.82) is 5.26 Å². The minimum atomic E-state index is -0.853. The first-order valence-corrected chi connectivity index (χ1v) is 4.19. The van der Waals surface area contributed by atoms with Crippen LogP contribution in [-0.2, 0) is 9.53 Å². The van der Waals surface area contributed by atoms with Gasteiger partial charge in [0.05, 0.1) is 12.5 Å². The van der Waals surface area contributed by atoms with E-state index in [1.807, 2.05) is 26.0 Å². The van der Waals surface area contributed by atoms with Gasteiger partial charge in [0.1, 0.15) is 12.7 Å². The zero-order chi connectivity index (χ0) is 11.6. The number of carbonyl (C=O) groups excluding carboxylic acids is 1. The van der Waals surface area contributed by atoms with E-state index in [2.05, 4.69) is 4.74 Å². The van der Waals surface area contributed by atoms with Crippen molar-refractivity contribution in [3.8, 4) is 6.07 Å². The lowest BCUT2D eigenvalue weighted by Gasteiger charge is -2.04. The van der Waals surface area contributed by atoms with Gasteiger partial charge in [-0.05, 0) is 21.1 Å². The molecule has 0 fully saturated rings. The molecule has 0 aliphatic carbocycles. The highest BCUT2D eigenvalue weighted by molar-refractivity contribution is 5.65. The molecule has 0 saturated carbocycles. The lowest BCUT2D eigenvalue weighted by atomic mass is 10.3. The second-order valence-corrected chi connectivity index (χ2v) is 3.16. The van der Waals surface area contributed by atoms with Crippen molar-refractivity contribution in [2.45, 2.75) is 19.4 Å². The molecule has 1 unspecified atom stereocenters. The summed E-state index contributed by atoms with van der Waals surface area (Å²) < 4.78 is 4.42. The molecule has 5 nitrogen and oxygen atoms in total. The fourth-order valence-electron chi connectivity index (χ4n) is 0.378. The summed E-state index contributed by atoms with van der Waals surface area (Å²) in [5, 5.41) is 16.8. The maximum absolute atomic E-state index is 10.1. The fourth-order valence-corrected chi connectivity index (χ4v) is 0.378. The first kappa shape index (κ1) is 15.4. The largest absolute Gasteiger partial charge is 0.463 e. The topological polar surface area (TPSA) is 73.6 Å². The fraction of sp³-hybridized carbons (Fsp3) is 0.778. The molecule has 0 radical (unpaired) electrons. The van der Waals surface area contributed by atoms with Gasteiger partial charge in [-0.2, -0.15) is 5.26 Å². The Morgan fingerprint density at radius 2 is 2.00 bits per heavy atom. The quantitative estimate of drug-likeness (QED) is 0.652. The second kappa shape index (κ2) is 9.96. The summed E-state index contributed by atoms with van der Waals surface area (Å²) in [6, 6.07) is 1.75. The smallest absolute Gasteiger partial charge is 0.302 e. The summed E-state index contributed by atoms with van der Waals surface area (Å²) in [6.45, 7) is 1.15. The highest BCUT2D eigenvalue weighted by atomic mass is 16.5. The van der Waals surface area contributed by atoms with Crippen LogP contribution in [0.25, 0.3) is 0 Å². The van der Waals surface area contributed by atoms with Crippen LogP contribution in [0.15, 0.2) is 0 Å². The van der Waals surface area contributed by atoms with E-state index in [9.17, 15) is 4.79 Å². The zero-order valence-electron chi connectivity index (χ0n) is 9.15. The Balaban J connectivity index is 0. The van der Waals surface area contributed by atoms with Gasteiger partial charge < -0.3 is 14.7 Å². The van der Waals surface area contributed by atoms with Crippen molar-refractivity contribution in [2.24, 2.45) is 0 Å². The van der Waals surface area contributed by atoms with Gasteiger partial charge >= 0.3 is 5.97 Å². The van der Waals surface area contributed by atoms with Gasteiger partial charge in [-0.1, -0.05) is 0 Å². The van der Waals surface area contributed by atoms with E-state index in [-0.39, 0.29) is 13.0 Å². The van der Waals surface area contributed by atoms with E-state index >= 15 is 0 Å². The van der Waals surface area contributed by atoms with Gasteiger partial charge in [0.25, 0.3) is 0 Å². The number of rotatable bonds is 3. The Bertz CT molecular complexity index is 184. The van der Waals surface area contributed by atoms with Crippen LogP contribution in [-0.4, -0.2) is 49.8 Å². The summed E-state index contributed by atoms with van der Waals surface area (Å²) in [4.78, 5) is 12.1. The van der Waals surface area contributed by atoms with Crippen LogP contribution in [0.5, 0.6) is 0 Å². The van der Waals surface area contributed by atoms with Crippen molar-refractivity contribution in [1.82, 2.24) is 4.90 Å². The predicted octanol–water partition coefficient (Wildman–Crippen LogP) is 0.00188. The summed E-state index contributed by atoms with van der Waals surface area (Å²) in [5.41, 5.74) is 0. The Labute approximate surface area is 84.9 Å². The van der Waals surface area contributed by atoms with Gasteiger partial charge in [-0.3, -0.25) is 4.79 Å². The number of esters is 1. The Morgan fingerprint density at radius 1 is 1.57 bits per heavy atom. The van der Waals surface area contributed by atoms with Crippen molar-refractivity contribution in [3.63, 3.8) is 0 Å². The predicted molar refractivity (Wildman–Crippen MR) is 52.5 cm³/mol. The van der Waals surface area contributed by atoms with Crippen LogP contribution in [0.1, 0.15) is 13.3 Å². The molecule has 0 aromatic heterocycles. The minimum Gasteiger partial charge on any atom is -0.463 e. The molecule has 14 heavy (non-hydrogen) atoms. The molecule has 82 valence electrons. The average molecular weight is 202 g/mol. The maximum Gasteiger partial charge on any atom is 0.302 e. The van der Waals surface area contributed by atoms with Crippen LogP contribution < -0.4 is 0 Å². The lowest BCUT2D eigenvalue weighted by molar-refractivity contribution is -0.143. The number of hydrogen-bond donors (Lipinski definition) is 1. The number of hydrogen-bond acceptors (Lipinski definition) is 5. The molecule has 0 aliphatic rings. The van der Waals surface area contributed by atoms with Crippen LogP contribution in [0, 0.1) is 11.3 Å². The van der Waals surface area contributed by atoms with Crippen LogP contribution in [0.3, 0.4) is 0 Å². The Kier molecular flexibility index (Phi) is 10.9. The van der Waals surface area contributed by atoms with Gasteiger partial charge in [-0.25, -0.2) is 0 Å². The van der Waals surface area contributed by atoms with Gasteiger partial charge in [-0.15, -0.1) is 0 Å². The number of ether oxygens (including phenoxy) is 1. The molecule has 0 rings (SSSR count). The highest BCUT2D eigenvalue weighted by Gasteiger charge is 2.03. The van der Waals surface area contributed by atoms with Crippen LogP contribution in [0.2, 0.25) is 0 Å². The molecule has 0 aromatic rings. The molecule has 1 atom stereocenters. The lowest BCUT2D eigenvalue weighted by Crippen LogP contribution is -2.16. The average Bonchev–Trinajstić information content (AvgIpc) is 2.00. The second-order valence-electron chi connectivity index (χ2n) is 3.16. The molecule has 0 aromatic carbocycles. The third-order valence-electron chi connectivity index (χ3n) is 0.806. The molecule has 1 N–H and O–H groups in total. The first-order valence-electron chi connectivity index (χ1n) is 4.19. The third-order valence-corrected chi connectivity index (χ3v) is 0.806. The van der Waals surface area contributed by atoms with Crippen molar-refractivity contribution < 1.29 is 14.6 Å². The van der Waals surface area contributed by atoms with Crippen molar-refractivity contribution in [3.05, 3.63) is 0 Å². The molecule has 0 amide bonds. The molecule has 0 heterocycles. The number of nitrogens with zero attached hydrogens (tertiary/aromatic N) is 2. The minimum absolute atomic E-state index is 0.00667. The first-order chi connectivity index (χ1) is 6.40. The monoisotopic (exact) mass is 202 g/mol. The molecular formula is C9H18N2O3. The Hall–Kier alpha value is -1.12. The summed E-state index contributed by atoms with van der Waals surface area (Å²) in [6.07, 6.45) is -0.860. The molecule has 5 heteroatoms. The van der Waals surface area contributed by atoms with E-state index in [1.54, 1.807) is 6.07 Å². The standard InChI is InChI=1S/C6H9NO3.C3H9N/c1-5(8)10-4-6(9)2-3-7;1-4(2)3/h6,9H,2,4H2,1H3;1-3H3. The molecule has 0 aliphatic heterocycles. The van der Waals surface area contributed by atoms with E-state index in [0.29, 0.717) is 0 Å². The number of aliphatic hydroxyl groups excluding tert-OH is 1. The molecule has 0 saturated heterocycles. The zero-order valence-corrected chi connectivity index (χ0v) is 9.15. The van der Waals surface area contributed by atoms with Gasteiger partial charge in [0, 0.05) is 6.92 Å². The third kappa shape index (κ3) is 22.4. The van der Waals surface area contributed by atoms with E-state index in [1.165, 1.54) is 6.92 Å². The molecular weight excluding hydrogens is 184 g/mol.